The fourth-order valence-electron chi connectivity index (χ4n) is 1.61. The van der Waals surface area contributed by atoms with Crippen LogP contribution in [0.15, 0.2) is 18.2 Å². The minimum Gasteiger partial charge on any atom is -0.490 e. The van der Waals surface area contributed by atoms with Crippen LogP contribution >= 0.6 is 11.3 Å². The highest BCUT2D eigenvalue weighted by Gasteiger charge is 2.17. The van der Waals surface area contributed by atoms with E-state index in [1.807, 2.05) is 14.0 Å². The first kappa shape index (κ1) is 14.4. The van der Waals surface area contributed by atoms with Gasteiger partial charge in [-0.25, -0.2) is 0 Å². The number of ether oxygens (including phenoxy) is 1. The molecule has 1 unspecified atom stereocenters. The molecule has 8 heteroatoms. The molecule has 2 rings (SSSR count). The summed E-state index contributed by atoms with van der Waals surface area (Å²) in [6, 6.07) is 4.78. The van der Waals surface area contributed by atoms with Crippen LogP contribution in [0.1, 0.15) is 18.0 Å². The van der Waals surface area contributed by atoms with E-state index in [1.54, 1.807) is 12.1 Å². The zero-order valence-corrected chi connectivity index (χ0v) is 12.1. The molecule has 0 fully saturated rings. The van der Waals surface area contributed by atoms with Gasteiger partial charge in [0.2, 0.25) is 0 Å². The minimum atomic E-state index is -0.475. The number of nitro benzene ring substituents is 1. The van der Waals surface area contributed by atoms with E-state index in [-0.39, 0.29) is 17.5 Å². The van der Waals surface area contributed by atoms with Crippen LogP contribution in [0, 0.1) is 10.1 Å². The second-order valence-corrected chi connectivity index (χ2v) is 5.11. The van der Waals surface area contributed by atoms with E-state index in [2.05, 4.69) is 15.5 Å². The van der Waals surface area contributed by atoms with Gasteiger partial charge in [-0.2, -0.15) is 0 Å². The standard InChI is InChI=1S/C12H14N4O3S/c1-7(13-2)11-14-15-12(20-11)8-4-5-9(16(17)18)10(6-8)19-3/h4-7,13H,1-3H3. The van der Waals surface area contributed by atoms with E-state index < -0.39 is 4.92 Å². The highest BCUT2D eigenvalue weighted by molar-refractivity contribution is 7.14. The van der Waals surface area contributed by atoms with Gasteiger partial charge >= 0.3 is 5.69 Å². The van der Waals surface area contributed by atoms with Gasteiger partial charge in [-0.3, -0.25) is 10.1 Å². The van der Waals surface area contributed by atoms with Crippen molar-refractivity contribution in [3.63, 3.8) is 0 Å². The topological polar surface area (TPSA) is 90.2 Å². The number of hydrogen-bond acceptors (Lipinski definition) is 7. The predicted molar refractivity (Wildman–Crippen MR) is 76.0 cm³/mol. The van der Waals surface area contributed by atoms with Crippen molar-refractivity contribution in [3.05, 3.63) is 33.3 Å². The van der Waals surface area contributed by atoms with Gasteiger partial charge in [-0.15, -0.1) is 10.2 Å². The Morgan fingerprint density at radius 2 is 2.20 bits per heavy atom. The molecule has 1 aromatic heterocycles. The third-order valence-electron chi connectivity index (χ3n) is 2.87. The van der Waals surface area contributed by atoms with E-state index in [0.717, 1.165) is 10.6 Å². The Morgan fingerprint density at radius 3 is 2.80 bits per heavy atom. The first-order valence-corrected chi connectivity index (χ1v) is 6.72. The number of hydrogen-bond donors (Lipinski definition) is 1. The molecule has 0 aliphatic heterocycles. The van der Waals surface area contributed by atoms with E-state index in [9.17, 15) is 10.1 Å². The summed E-state index contributed by atoms with van der Waals surface area (Å²) in [5.41, 5.74) is 0.684. The van der Waals surface area contributed by atoms with Crippen molar-refractivity contribution in [2.75, 3.05) is 14.2 Å². The molecule has 106 valence electrons. The smallest absolute Gasteiger partial charge is 0.310 e. The van der Waals surface area contributed by atoms with Crippen molar-refractivity contribution >= 4 is 17.0 Å². The summed E-state index contributed by atoms with van der Waals surface area (Å²) in [7, 11) is 3.25. The lowest BCUT2D eigenvalue weighted by Gasteiger charge is -2.04. The first-order valence-electron chi connectivity index (χ1n) is 5.90. The molecule has 0 amide bonds. The minimum absolute atomic E-state index is 0.0652. The molecule has 0 radical (unpaired) electrons. The molecule has 0 aliphatic carbocycles. The number of aromatic nitrogens is 2. The zero-order valence-electron chi connectivity index (χ0n) is 11.3. The van der Waals surface area contributed by atoms with Crippen molar-refractivity contribution in [2.45, 2.75) is 13.0 Å². The van der Waals surface area contributed by atoms with Gasteiger partial charge < -0.3 is 10.1 Å². The van der Waals surface area contributed by atoms with Crippen LogP contribution < -0.4 is 10.1 Å². The predicted octanol–water partition coefficient (Wildman–Crippen LogP) is 2.40. The monoisotopic (exact) mass is 294 g/mol. The first-order chi connectivity index (χ1) is 9.56. The van der Waals surface area contributed by atoms with Crippen LogP contribution in [0.2, 0.25) is 0 Å². The van der Waals surface area contributed by atoms with E-state index in [0.29, 0.717) is 5.01 Å². The summed E-state index contributed by atoms with van der Waals surface area (Å²) in [6.07, 6.45) is 0. The molecule has 0 saturated carbocycles. The summed E-state index contributed by atoms with van der Waals surface area (Å²) in [5.74, 6) is 0.214. The average Bonchev–Trinajstić information content (AvgIpc) is 2.95. The van der Waals surface area contributed by atoms with Crippen LogP contribution in [0.25, 0.3) is 10.6 Å². The fourth-order valence-corrected chi connectivity index (χ4v) is 2.51. The zero-order chi connectivity index (χ0) is 14.7. The van der Waals surface area contributed by atoms with Crippen molar-refractivity contribution in [2.24, 2.45) is 0 Å². The van der Waals surface area contributed by atoms with Crippen molar-refractivity contribution in [1.82, 2.24) is 15.5 Å². The number of nitrogens with one attached hydrogen (secondary N) is 1. The number of nitro groups is 1. The van der Waals surface area contributed by atoms with Gasteiger partial charge in [0, 0.05) is 11.6 Å². The molecule has 0 aliphatic rings. The lowest BCUT2D eigenvalue weighted by Crippen LogP contribution is -2.11. The number of rotatable bonds is 5. The summed E-state index contributed by atoms with van der Waals surface area (Å²) >= 11 is 1.44. The number of benzene rings is 1. The molecule has 0 spiro atoms. The molecule has 7 nitrogen and oxygen atoms in total. The molecular weight excluding hydrogens is 280 g/mol. The van der Waals surface area contributed by atoms with Crippen LogP contribution in [-0.4, -0.2) is 29.3 Å². The SMILES string of the molecule is CNC(C)c1nnc(-c2ccc([N+](=O)[O-])c(OC)c2)s1. The van der Waals surface area contributed by atoms with Gasteiger partial charge in [0.1, 0.15) is 10.0 Å². The Morgan fingerprint density at radius 1 is 1.45 bits per heavy atom. The highest BCUT2D eigenvalue weighted by Crippen LogP contribution is 2.34. The Bertz CT molecular complexity index is 629. The normalized spacial score (nSPS) is 12.2. The van der Waals surface area contributed by atoms with E-state index in [4.69, 9.17) is 4.74 Å². The molecule has 1 heterocycles. The van der Waals surface area contributed by atoms with Gasteiger partial charge in [0.05, 0.1) is 18.1 Å². The third-order valence-corrected chi connectivity index (χ3v) is 4.02. The molecule has 1 atom stereocenters. The molecule has 2 aromatic rings. The highest BCUT2D eigenvalue weighted by atomic mass is 32.1. The van der Waals surface area contributed by atoms with Gasteiger partial charge in [0.15, 0.2) is 5.75 Å². The summed E-state index contributed by atoms with van der Waals surface area (Å²) in [4.78, 5) is 10.4. The quantitative estimate of drug-likeness (QED) is 0.672. The number of nitrogens with zero attached hydrogens (tertiary/aromatic N) is 3. The van der Waals surface area contributed by atoms with Crippen molar-refractivity contribution < 1.29 is 9.66 Å². The third kappa shape index (κ3) is 2.75. The Kier molecular flexibility index (Phi) is 4.26. The molecular formula is C12H14N4O3S. The maximum atomic E-state index is 10.9. The maximum absolute atomic E-state index is 10.9. The van der Waals surface area contributed by atoms with Crippen molar-refractivity contribution in [1.29, 1.82) is 0 Å². The van der Waals surface area contributed by atoms with Crippen LogP contribution in [0.3, 0.4) is 0 Å². The van der Waals surface area contributed by atoms with Crippen LogP contribution in [-0.2, 0) is 0 Å². The van der Waals surface area contributed by atoms with E-state index >= 15 is 0 Å². The summed E-state index contributed by atoms with van der Waals surface area (Å²) in [5, 5.41) is 23.7. The fraction of sp³-hybridized carbons (Fsp3) is 0.333. The Hall–Kier alpha value is -2.06. The second kappa shape index (κ2) is 5.93. The van der Waals surface area contributed by atoms with Gasteiger partial charge in [-0.1, -0.05) is 11.3 Å². The Balaban J connectivity index is 2.38. The molecule has 0 saturated heterocycles. The lowest BCUT2D eigenvalue weighted by molar-refractivity contribution is -0.385. The molecule has 0 bridgehead atoms. The second-order valence-electron chi connectivity index (χ2n) is 4.10. The van der Waals surface area contributed by atoms with Gasteiger partial charge in [0.25, 0.3) is 0 Å². The molecule has 1 N–H and O–H groups in total. The van der Waals surface area contributed by atoms with Crippen molar-refractivity contribution in [3.8, 4) is 16.3 Å². The van der Waals surface area contributed by atoms with Crippen LogP contribution in [0.4, 0.5) is 5.69 Å². The maximum Gasteiger partial charge on any atom is 0.310 e. The molecule has 20 heavy (non-hydrogen) atoms. The summed E-state index contributed by atoms with van der Waals surface area (Å²) < 4.78 is 5.05. The molecule has 1 aromatic carbocycles. The Labute approximate surface area is 119 Å². The average molecular weight is 294 g/mol. The largest absolute Gasteiger partial charge is 0.490 e. The van der Waals surface area contributed by atoms with Crippen LogP contribution in [0.5, 0.6) is 5.75 Å². The number of methoxy groups -OCH3 is 1. The summed E-state index contributed by atoms with van der Waals surface area (Å²) in [6.45, 7) is 1.99. The van der Waals surface area contributed by atoms with Gasteiger partial charge in [-0.05, 0) is 26.1 Å². The lowest BCUT2D eigenvalue weighted by atomic mass is 10.2. The van der Waals surface area contributed by atoms with E-state index in [1.165, 1.54) is 24.5 Å².